The lowest BCUT2D eigenvalue weighted by Crippen LogP contribution is -2.41. The van der Waals surface area contributed by atoms with Gasteiger partial charge < -0.3 is 14.3 Å². The Kier molecular flexibility index (Phi) is 5.67. The van der Waals surface area contributed by atoms with E-state index in [9.17, 15) is 19.2 Å². The summed E-state index contributed by atoms with van der Waals surface area (Å²) in [5, 5.41) is 9.10. The molecule has 0 aliphatic heterocycles. The van der Waals surface area contributed by atoms with Crippen molar-refractivity contribution in [2.45, 2.75) is 33.4 Å². The van der Waals surface area contributed by atoms with Crippen LogP contribution >= 0.6 is 0 Å². The molecule has 0 atom stereocenters. The zero-order valence-corrected chi connectivity index (χ0v) is 16.0. The minimum atomic E-state index is -1.33. The number of carboxylic acid groups (broad SMARTS) is 1. The van der Waals surface area contributed by atoms with Crippen molar-refractivity contribution < 1.29 is 23.8 Å². The smallest absolute Gasteiger partial charge is 0.374 e. The van der Waals surface area contributed by atoms with Crippen LogP contribution in [-0.2, 0) is 29.0 Å². The highest BCUT2D eigenvalue weighted by Gasteiger charge is 2.26. The quantitative estimate of drug-likeness (QED) is 0.598. The number of carboxylic acids is 1. The molecule has 0 aliphatic rings. The second kappa shape index (κ2) is 8.17. The lowest BCUT2D eigenvalue weighted by Gasteiger charge is -2.10. The third kappa shape index (κ3) is 3.84. The van der Waals surface area contributed by atoms with Crippen LogP contribution < -0.4 is 11.2 Å². The van der Waals surface area contributed by atoms with E-state index in [1.807, 2.05) is 30.3 Å². The number of carbonyl (C=O) groups excluding carboxylic acids is 1. The van der Waals surface area contributed by atoms with E-state index >= 15 is 0 Å². The van der Waals surface area contributed by atoms with Crippen LogP contribution in [0.15, 0.2) is 44.3 Å². The summed E-state index contributed by atoms with van der Waals surface area (Å²) in [5.74, 6) is -2.27. The average Bonchev–Trinajstić information content (AvgIpc) is 3.03. The van der Waals surface area contributed by atoms with E-state index in [1.165, 1.54) is 11.5 Å². The standard InChI is InChI=1S/C20H20N2O7/c1-3-28-19(26)16-12(2)15-17(25)22(11-14(23)24)20(27)21(18(15)29-16)10-9-13-7-5-4-6-8-13/h4-8H,3,9-11H2,1-2H3,(H,23,24). The van der Waals surface area contributed by atoms with Crippen LogP contribution in [0.4, 0.5) is 0 Å². The van der Waals surface area contributed by atoms with Gasteiger partial charge in [-0.1, -0.05) is 30.3 Å². The fraction of sp³-hybridized carbons (Fsp3) is 0.300. The summed E-state index contributed by atoms with van der Waals surface area (Å²) < 4.78 is 12.3. The van der Waals surface area contributed by atoms with Gasteiger partial charge in [0.1, 0.15) is 11.9 Å². The van der Waals surface area contributed by atoms with Crippen LogP contribution in [0, 0.1) is 6.92 Å². The maximum Gasteiger partial charge on any atom is 0.374 e. The van der Waals surface area contributed by atoms with Crippen LogP contribution in [0.2, 0.25) is 0 Å². The maximum absolute atomic E-state index is 12.9. The van der Waals surface area contributed by atoms with Crippen molar-refractivity contribution in [1.82, 2.24) is 9.13 Å². The summed E-state index contributed by atoms with van der Waals surface area (Å²) in [5.41, 5.74) is -0.559. The molecule has 0 bridgehead atoms. The Morgan fingerprint density at radius 2 is 1.83 bits per heavy atom. The number of fused-ring (bicyclic) bond motifs is 1. The first-order valence-electron chi connectivity index (χ1n) is 9.04. The molecule has 3 rings (SSSR count). The van der Waals surface area contributed by atoms with Gasteiger partial charge in [0.05, 0.1) is 6.61 Å². The molecule has 0 aliphatic carbocycles. The summed E-state index contributed by atoms with van der Waals surface area (Å²) in [6, 6.07) is 9.34. The number of rotatable bonds is 7. The van der Waals surface area contributed by atoms with Gasteiger partial charge in [-0.15, -0.1) is 0 Å². The van der Waals surface area contributed by atoms with E-state index in [2.05, 4.69) is 0 Å². The minimum absolute atomic E-state index is 0.0121. The molecular formula is C20H20N2O7. The molecule has 0 radical (unpaired) electrons. The molecular weight excluding hydrogens is 380 g/mol. The SMILES string of the molecule is CCOC(=O)c1oc2c(c1C)c(=O)n(CC(=O)O)c(=O)n2CCc1ccccc1. The van der Waals surface area contributed by atoms with Gasteiger partial charge in [0.2, 0.25) is 11.5 Å². The number of benzene rings is 1. The predicted octanol–water partition coefficient (Wildman–Crippen LogP) is 1.57. The monoisotopic (exact) mass is 400 g/mol. The fourth-order valence-corrected chi connectivity index (χ4v) is 3.14. The molecule has 29 heavy (non-hydrogen) atoms. The third-order valence-electron chi connectivity index (χ3n) is 4.52. The number of aromatic nitrogens is 2. The number of hydrogen-bond acceptors (Lipinski definition) is 6. The van der Waals surface area contributed by atoms with Crippen molar-refractivity contribution in [3.63, 3.8) is 0 Å². The molecule has 2 heterocycles. The van der Waals surface area contributed by atoms with Crippen LogP contribution in [0.3, 0.4) is 0 Å². The van der Waals surface area contributed by atoms with Crippen LogP contribution in [0.25, 0.3) is 11.1 Å². The molecule has 2 aromatic heterocycles. The number of aryl methyl sites for hydroxylation is 3. The molecule has 3 aromatic rings. The van der Waals surface area contributed by atoms with E-state index in [1.54, 1.807) is 6.92 Å². The zero-order valence-electron chi connectivity index (χ0n) is 16.0. The first kappa shape index (κ1) is 20.1. The second-order valence-electron chi connectivity index (χ2n) is 6.41. The van der Waals surface area contributed by atoms with Crippen molar-refractivity contribution >= 4 is 23.0 Å². The van der Waals surface area contributed by atoms with Gasteiger partial charge >= 0.3 is 17.6 Å². The Labute approximate surface area is 164 Å². The van der Waals surface area contributed by atoms with E-state index in [-0.39, 0.29) is 35.6 Å². The highest BCUT2D eigenvalue weighted by atomic mass is 16.5. The van der Waals surface area contributed by atoms with Crippen molar-refractivity contribution in [1.29, 1.82) is 0 Å². The summed E-state index contributed by atoms with van der Waals surface area (Å²) in [4.78, 5) is 49.0. The zero-order chi connectivity index (χ0) is 21.1. The minimum Gasteiger partial charge on any atom is -0.480 e. The highest BCUT2D eigenvalue weighted by Crippen LogP contribution is 2.22. The number of hydrogen-bond donors (Lipinski definition) is 1. The Bertz CT molecular complexity index is 1190. The van der Waals surface area contributed by atoms with E-state index in [0.29, 0.717) is 11.0 Å². The molecule has 1 N–H and O–H groups in total. The molecule has 0 saturated heterocycles. The molecule has 9 heteroatoms. The van der Waals surface area contributed by atoms with Crippen LogP contribution in [-0.4, -0.2) is 32.8 Å². The fourth-order valence-electron chi connectivity index (χ4n) is 3.14. The molecule has 0 amide bonds. The van der Waals surface area contributed by atoms with Gasteiger partial charge in [0, 0.05) is 12.1 Å². The first-order valence-corrected chi connectivity index (χ1v) is 9.04. The van der Waals surface area contributed by atoms with Gasteiger partial charge in [-0.2, -0.15) is 0 Å². The lowest BCUT2D eigenvalue weighted by molar-refractivity contribution is -0.137. The molecule has 1 aromatic carbocycles. The average molecular weight is 400 g/mol. The summed E-state index contributed by atoms with van der Waals surface area (Å²) in [7, 11) is 0. The van der Waals surface area contributed by atoms with Crippen molar-refractivity contribution in [2.24, 2.45) is 0 Å². The summed E-state index contributed by atoms with van der Waals surface area (Å²) in [6.45, 7) is 2.58. The van der Waals surface area contributed by atoms with Crippen molar-refractivity contribution in [3.05, 3.63) is 68.1 Å². The van der Waals surface area contributed by atoms with Gasteiger partial charge in [-0.05, 0) is 25.8 Å². The van der Waals surface area contributed by atoms with E-state index in [0.717, 1.165) is 5.56 Å². The number of esters is 1. The topological polar surface area (TPSA) is 121 Å². The molecule has 0 unspecified atom stereocenters. The van der Waals surface area contributed by atoms with Gasteiger partial charge in [-0.25, -0.2) is 14.2 Å². The number of furan rings is 1. The second-order valence-corrected chi connectivity index (χ2v) is 6.41. The molecule has 0 saturated carbocycles. The molecule has 0 fully saturated rings. The number of ether oxygens (including phenoxy) is 1. The van der Waals surface area contributed by atoms with Crippen LogP contribution in [0.1, 0.15) is 28.6 Å². The predicted molar refractivity (Wildman–Crippen MR) is 103 cm³/mol. The first-order chi connectivity index (χ1) is 13.8. The Balaban J connectivity index is 2.22. The maximum atomic E-state index is 12.9. The van der Waals surface area contributed by atoms with Gasteiger partial charge in [-0.3, -0.25) is 14.2 Å². The van der Waals surface area contributed by atoms with E-state index < -0.39 is 29.7 Å². The Hall–Kier alpha value is -3.62. The molecule has 9 nitrogen and oxygen atoms in total. The summed E-state index contributed by atoms with van der Waals surface area (Å²) >= 11 is 0. The van der Waals surface area contributed by atoms with Gasteiger partial charge in [0.15, 0.2) is 0 Å². The Morgan fingerprint density at radius 3 is 2.45 bits per heavy atom. The number of nitrogens with zero attached hydrogens (tertiary/aromatic N) is 2. The Morgan fingerprint density at radius 1 is 1.14 bits per heavy atom. The lowest BCUT2D eigenvalue weighted by atomic mass is 10.1. The largest absolute Gasteiger partial charge is 0.480 e. The normalized spacial score (nSPS) is 11.0. The molecule has 0 spiro atoms. The third-order valence-corrected chi connectivity index (χ3v) is 4.52. The highest BCUT2D eigenvalue weighted by molar-refractivity contribution is 5.94. The molecule has 152 valence electrons. The van der Waals surface area contributed by atoms with Crippen molar-refractivity contribution in [3.8, 4) is 0 Å². The van der Waals surface area contributed by atoms with E-state index in [4.69, 9.17) is 14.3 Å². The summed E-state index contributed by atoms with van der Waals surface area (Å²) in [6.07, 6.45) is 0.440. The van der Waals surface area contributed by atoms with Crippen LogP contribution in [0.5, 0.6) is 0 Å². The number of carbonyl (C=O) groups is 2. The van der Waals surface area contributed by atoms with Gasteiger partial charge in [0.25, 0.3) is 5.56 Å². The van der Waals surface area contributed by atoms with Crippen molar-refractivity contribution in [2.75, 3.05) is 6.61 Å². The number of aliphatic carboxylic acids is 1.